The maximum atomic E-state index is 4.14. The highest BCUT2D eigenvalue weighted by Crippen LogP contribution is 1.96. The standard InChI is InChI=1S/C8H11N2/c1-3-4-8-6-9-7(2)5-10-8/h5-6H,2-4H2,1H3. The van der Waals surface area contributed by atoms with Gasteiger partial charge in [-0.2, -0.15) is 0 Å². The van der Waals surface area contributed by atoms with Crippen LogP contribution in [0.2, 0.25) is 0 Å². The van der Waals surface area contributed by atoms with Crippen molar-refractivity contribution in [2.45, 2.75) is 19.8 Å². The Balaban J connectivity index is 2.69. The Morgan fingerprint density at radius 2 is 2.20 bits per heavy atom. The monoisotopic (exact) mass is 135 g/mol. The summed E-state index contributed by atoms with van der Waals surface area (Å²) in [6.45, 7) is 5.77. The highest BCUT2D eigenvalue weighted by molar-refractivity contribution is 5.04. The van der Waals surface area contributed by atoms with Gasteiger partial charge in [0.2, 0.25) is 0 Å². The molecule has 0 aliphatic heterocycles. The first-order valence-electron chi connectivity index (χ1n) is 3.46. The highest BCUT2D eigenvalue weighted by Gasteiger charge is 1.90. The molecule has 1 rings (SSSR count). The van der Waals surface area contributed by atoms with Gasteiger partial charge in [-0.05, 0) is 13.3 Å². The number of nitrogens with zero attached hydrogens (tertiary/aromatic N) is 2. The van der Waals surface area contributed by atoms with E-state index in [9.17, 15) is 0 Å². The van der Waals surface area contributed by atoms with E-state index in [1.54, 1.807) is 12.4 Å². The molecule has 1 radical (unpaired) electrons. The molecule has 1 heterocycles. The fourth-order valence-electron chi connectivity index (χ4n) is 0.767. The smallest absolute Gasteiger partial charge is 0.0590 e. The van der Waals surface area contributed by atoms with Crippen molar-refractivity contribution in [3.63, 3.8) is 0 Å². The third-order valence-corrected chi connectivity index (χ3v) is 1.26. The van der Waals surface area contributed by atoms with Crippen LogP contribution in [-0.2, 0) is 6.42 Å². The molecule has 0 aromatic carbocycles. The lowest BCUT2D eigenvalue weighted by atomic mass is 10.3. The molecular formula is C8H11N2. The Bertz CT molecular complexity index is 191. The molecule has 0 spiro atoms. The van der Waals surface area contributed by atoms with Crippen LogP contribution in [0.1, 0.15) is 24.7 Å². The van der Waals surface area contributed by atoms with Gasteiger partial charge in [-0.15, -0.1) is 0 Å². The zero-order valence-electron chi connectivity index (χ0n) is 6.17. The summed E-state index contributed by atoms with van der Waals surface area (Å²) in [5, 5.41) is 0. The molecule has 2 heteroatoms. The number of hydrogen-bond acceptors (Lipinski definition) is 2. The zero-order chi connectivity index (χ0) is 7.40. The van der Waals surface area contributed by atoms with Crippen molar-refractivity contribution in [3.8, 4) is 0 Å². The molecule has 53 valence electrons. The van der Waals surface area contributed by atoms with Crippen LogP contribution in [0, 0.1) is 6.92 Å². The summed E-state index contributed by atoms with van der Waals surface area (Å²) >= 11 is 0. The molecule has 1 aromatic rings. The minimum Gasteiger partial charge on any atom is -0.258 e. The summed E-state index contributed by atoms with van der Waals surface area (Å²) in [6.07, 6.45) is 5.61. The SMILES string of the molecule is [CH2]c1cnc(CCC)cn1. The molecule has 0 unspecified atom stereocenters. The van der Waals surface area contributed by atoms with Gasteiger partial charge in [0.1, 0.15) is 0 Å². The minimum absolute atomic E-state index is 0.736. The van der Waals surface area contributed by atoms with Crippen LogP contribution < -0.4 is 0 Å². The van der Waals surface area contributed by atoms with E-state index in [0.717, 1.165) is 24.2 Å². The van der Waals surface area contributed by atoms with Crippen molar-refractivity contribution >= 4 is 0 Å². The molecule has 10 heavy (non-hydrogen) atoms. The van der Waals surface area contributed by atoms with Gasteiger partial charge in [0.15, 0.2) is 0 Å². The summed E-state index contributed by atoms with van der Waals surface area (Å²) in [5.41, 5.74) is 1.79. The van der Waals surface area contributed by atoms with Crippen LogP contribution in [0.3, 0.4) is 0 Å². The minimum atomic E-state index is 0.736. The van der Waals surface area contributed by atoms with E-state index in [-0.39, 0.29) is 0 Å². The third kappa shape index (κ3) is 1.79. The van der Waals surface area contributed by atoms with Crippen LogP contribution in [-0.4, -0.2) is 9.97 Å². The fraction of sp³-hybridized carbons (Fsp3) is 0.375. The van der Waals surface area contributed by atoms with Crippen molar-refractivity contribution < 1.29 is 0 Å². The van der Waals surface area contributed by atoms with Gasteiger partial charge in [-0.25, -0.2) is 0 Å². The molecule has 0 N–H and O–H groups in total. The molecule has 2 nitrogen and oxygen atoms in total. The van der Waals surface area contributed by atoms with Crippen LogP contribution in [0.5, 0.6) is 0 Å². The van der Waals surface area contributed by atoms with Crippen LogP contribution in [0.25, 0.3) is 0 Å². The first-order chi connectivity index (χ1) is 4.83. The first-order valence-corrected chi connectivity index (χ1v) is 3.46. The van der Waals surface area contributed by atoms with Crippen molar-refractivity contribution in [1.82, 2.24) is 9.97 Å². The van der Waals surface area contributed by atoms with E-state index in [4.69, 9.17) is 0 Å². The Hall–Kier alpha value is -0.920. The Morgan fingerprint density at radius 3 is 2.70 bits per heavy atom. The topological polar surface area (TPSA) is 25.8 Å². The van der Waals surface area contributed by atoms with Gasteiger partial charge in [0.05, 0.1) is 11.4 Å². The Kier molecular flexibility index (Phi) is 2.37. The molecule has 0 amide bonds. The van der Waals surface area contributed by atoms with E-state index in [2.05, 4.69) is 23.8 Å². The fourth-order valence-corrected chi connectivity index (χ4v) is 0.767. The highest BCUT2D eigenvalue weighted by atomic mass is 14.8. The third-order valence-electron chi connectivity index (χ3n) is 1.26. The average Bonchev–Trinajstić information content (AvgIpc) is 1.95. The lowest BCUT2D eigenvalue weighted by Gasteiger charge is -1.95. The van der Waals surface area contributed by atoms with Crippen molar-refractivity contribution in [2.75, 3.05) is 0 Å². The lowest BCUT2D eigenvalue weighted by Crippen LogP contribution is -1.91. The molecule has 0 bridgehead atoms. The summed E-state index contributed by atoms with van der Waals surface area (Å²) in [7, 11) is 0. The summed E-state index contributed by atoms with van der Waals surface area (Å²) in [6, 6.07) is 0. The van der Waals surface area contributed by atoms with Crippen molar-refractivity contribution in [2.24, 2.45) is 0 Å². The molecule has 0 aliphatic rings. The maximum Gasteiger partial charge on any atom is 0.0590 e. The maximum absolute atomic E-state index is 4.14. The number of aromatic nitrogens is 2. The largest absolute Gasteiger partial charge is 0.258 e. The molecule has 0 atom stereocenters. The van der Waals surface area contributed by atoms with Crippen molar-refractivity contribution in [1.29, 1.82) is 0 Å². The molecule has 0 saturated carbocycles. The van der Waals surface area contributed by atoms with E-state index in [0.29, 0.717) is 0 Å². The molecule has 0 fully saturated rings. The summed E-state index contributed by atoms with van der Waals surface area (Å²) in [5.74, 6) is 0. The number of hydrogen-bond donors (Lipinski definition) is 0. The number of rotatable bonds is 2. The van der Waals surface area contributed by atoms with Gasteiger partial charge in [0, 0.05) is 12.4 Å². The van der Waals surface area contributed by atoms with E-state index < -0.39 is 0 Å². The zero-order valence-corrected chi connectivity index (χ0v) is 6.17. The molecule has 0 saturated heterocycles. The normalized spacial score (nSPS) is 9.80. The van der Waals surface area contributed by atoms with Gasteiger partial charge in [-0.3, -0.25) is 9.97 Å². The average molecular weight is 135 g/mol. The van der Waals surface area contributed by atoms with Gasteiger partial charge in [0.25, 0.3) is 0 Å². The second kappa shape index (κ2) is 3.30. The van der Waals surface area contributed by atoms with Crippen LogP contribution in [0.15, 0.2) is 12.4 Å². The number of aryl methyl sites for hydroxylation is 1. The second-order valence-electron chi connectivity index (χ2n) is 2.25. The quantitative estimate of drug-likeness (QED) is 0.615. The van der Waals surface area contributed by atoms with Crippen LogP contribution >= 0.6 is 0 Å². The first kappa shape index (κ1) is 7.19. The van der Waals surface area contributed by atoms with E-state index in [1.807, 2.05) is 0 Å². The summed E-state index contributed by atoms with van der Waals surface area (Å²) < 4.78 is 0. The van der Waals surface area contributed by atoms with Crippen LogP contribution in [0.4, 0.5) is 0 Å². The van der Waals surface area contributed by atoms with E-state index >= 15 is 0 Å². The second-order valence-corrected chi connectivity index (χ2v) is 2.25. The molecule has 1 aromatic heterocycles. The predicted molar refractivity (Wildman–Crippen MR) is 40.5 cm³/mol. The van der Waals surface area contributed by atoms with Gasteiger partial charge in [-0.1, -0.05) is 13.3 Å². The Labute approximate surface area is 61.3 Å². The van der Waals surface area contributed by atoms with Gasteiger partial charge >= 0.3 is 0 Å². The molecule has 0 aliphatic carbocycles. The lowest BCUT2D eigenvalue weighted by molar-refractivity contribution is 0.868. The predicted octanol–water partition coefficient (Wildman–Crippen LogP) is 1.61. The molecular weight excluding hydrogens is 124 g/mol. The van der Waals surface area contributed by atoms with Gasteiger partial charge < -0.3 is 0 Å². The van der Waals surface area contributed by atoms with E-state index in [1.165, 1.54) is 0 Å². The van der Waals surface area contributed by atoms with Crippen molar-refractivity contribution in [3.05, 3.63) is 30.7 Å². The Morgan fingerprint density at radius 1 is 1.40 bits per heavy atom. The summed E-state index contributed by atoms with van der Waals surface area (Å²) in [4.78, 5) is 8.17.